The van der Waals surface area contributed by atoms with Gasteiger partial charge in [0.25, 0.3) is 5.91 Å². The number of rotatable bonds is 5. The van der Waals surface area contributed by atoms with Gasteiger partial charge in [-0.25, -0.2) is 9.97 Å². The van der Waals surface area contributed by atoms with Crippen LogP contribution in [0.25, 0.3) is 17.0 Å². The number of thiazole rings is 1. The van der Waals surface area contributed by atoms with Gasteiger partial charge >= 0.3 is 0 Å². The summed E-state index contributed by atoms with van der Waals surface area (Å²) in [6, 6.07) is 9.61. The second-order valence-electron chi connectivity index (χ2n) is 5.79. The van der Waals surface area contributed by atoms with Crippen LogP contribution >= 0.6 is 23.1 Å². The number of methoxy groups -OCH3 is 1. The summed E-state index contributed by atoms with van der Waals surface area (Å²) in [5.74, 6) is 0.574. The lowest BCUT2D eigenvalue weighted by atomic mass is 10.2. The fourth-order valence-electron chi connectivity index (χ4n) is 2.75. The first kappa shape index (κ1) is 18.4. The Morgan fingerprint density at radius 3 is 2.96 bits per heavy atom. The van der Waals surface area contributed by atoms with Crippen molar-refractivity contribution >= 4 is 56.3 Å². The highest BCUT2D eigenvalue weighted by molar-refractivity contribution is 8.18. The van der Waals surface area contributed by atoms with Gasteiger partial charge < -0.3 is 4.74 Å². The summed E-state index contributed by atoms with van der Waals surface area (Å²) in [7, 11) is 1.62. The third-order valence-corrected chi connectivity index (χ3v) is 5.69. The Morgan fingerprint density at radius 1 is 1.32 bits per heavy atom. The fourth-order valence-corrected chi connectivity index (χ4v) is 4.28. The molecule has 0 atom stereocenters. The summed E-state index contributed by atoms with van der Waals surface area (Å²) in [5, 5.41) is 4.02. The summed E-state index contributed by atoms with van der Waals surface area (Å²) >= 11 is 2.73. The zero-order chi connectivity index (χ0) is 19.5. The number of carbonyl (C=O) groups is 1. The van der Waals surface area contributed by atoms with Crippen molar-refractivity contribution in [2.24, 2.45) is 4.99 Å². The van der Waals surface area contributed by atoms with Crippen LogP contribution < -0.4 is 4.74 Å². The third kappa shape index (κ3) is 3.56. The summed E-state index contributed by atoms with van der Waals surface area (Å²) in [4.78, 5) is 28.3. The first-order valence-corrected chi connectivity index (χ1v) is 10.1. The Kier molecular flexibility index (Phi) is 5.23. The summed E-state index contributed by atoms with van der Waals surface area (Å²) in [6.45, 7) is 4.12. The van der Waals surface area contributed by atoms with Crippen molar-refractivity contribution in [2.45, 2.75) is 0 Å². The Labute approximate surface area is 170 Å². The van der Waals surface area contributed by atoms with Crippen molar-refractivity contribution in [3.8, 4) is 5.75 Å². The highest BCUT2D eigenvalue weighted by atomic mass is 32.2. The number of aliphatic imine (C=N–C) groups is 1. The number of amides is 1. The van der Waals surface area contributed by atoms with Gasteiger partial charge in [0.05, 0.1) is 17.7 Å². The molecular weight excluding hydrogens is 392 g/mol. The standard InChI is InChI=1S/C20H16N4O2S2/c1-3-10-24-18(25)16(28-20(24)23-19-21-9-11-27-19)12-14-8-7-13-5-4-6-15(26-2)17(13)22-14/h3-9,11-12H,1,10H2,2H3/b16-12-,23-20?. The van der Waals surface area contributed by atoms with E-state index in [0.717, 1.165) is 10.9 Å². The number of aromatic nitrogens is 2. The quantitative estimate of drug-likeness (QED) is 0.460. The maximum absolute atomic E-state index is 12.9. The second kappa shape index (κ2) is 7.95. The van der Waals surface area contributed by atoms with E-state index in [4.69, 9.17) is 4.74 Å². The third-order valence-electron chi connectivity index (χ3n) is 4.01. The van der Waals surface area contributed by atoms with Crippen molar-refractivity contribution in [3.05, 3.63) is 65.2 Å². The molecule has 1 aliphatic rings. The molecule has 0 bridgehead atoms. The Hall–Kier alpha value is -2.97. The summed E-state index contributed by atoms with van der Waals surface area (Å²) in [6.07, 6.45) is 5.14. The summed E-state index contributed by atoms with van der Waals surface area (Å²) in [5.41, 5.74) is 1.44. The molecule has 4 rings (SSSR count). The molecule has 0 N–H and O–H groups in total. The van der Waals surface area contributed by atoms with E-state index >= 15 is 0 Å². The lowest BCUT2D eigenvalue weighted by molar-refractivity contribution is -0.121. The molecule has 1 saturated heterocycles. The zero-order valence-electron chi connectivity index (χ0n) is 15.0. The van der Waals surface area contributed by atoms with E-state index in [0.29, 0.717) is 33.2 Å². The van der Waals surface area contributed by atoms with Gasteiger partial charge in [0.1, 0.15) is 11.3 Å². The Morgan fingerprint density at radius 2 is 2.21 bits per heavy atom. The molecule has 2 aromatic heterocycles. The molecule has 1 aliphatic heterocycles. The number of fused-ring (bicyclic) bond motifs is 1. The number of amidine groups is 1. The first-order valence-electron chi connectivity index (χ1n) is 8.44. The van der Waals surface area contributed by atoms with E-state index in [-0.39, 0.29) is 5.91 Å². The minimum absolute atomic E-state index is 0.123. The highest BCUT2D eigenvalue weighted by Gasteiger charge is 2.33. The fraction of sp³-hybridized carbons (Fsp3) is 0.100. The lowest BCUT2D eigenvalue weighted by Crippen LogP contribution is -2.29. The van der Waals surface area contributed by atoms with Crippen LogP contribution in [0.15, 0.2) is 64.5 Å². The van der Waals surface area contributed by atoms with Gasteiger partial charge in [-0.2, -0.15) is 4.99 Å². The topological polar surface area (TPSA) is 67.7 Å². The molecule has 8 heteroatoms. The molecular formula is C20H16N4O2S2. The number of thioether (sulfide) groups is 1. The molecule has 3 heterocycles. The van der Waals surface area contributed by atoms with Gasteiger partial charge in [-0.1, -0.05) is 24.3 Å². The number of hydrogen-bond acceptors (Lipinski definition) is 7. The van der Waals surface area contributed by atoms with Gasteiger partial charge in [0.15, 0.2) is 5.17 Å². The van der Waals surface area contributed by atoms with Crippen LogP contribution in [0.5, 0.6) is 5.75 Å². The van der Waals surface area contributed by atoms with E-state index in [1.54, 1.807) is 30.4 Å². The predicted octanol–water partition coefficient (Wildman–Crippen LogP) is 4.49. The largest absolute Gasteiger partial charge is 0.494 e. The van der Waals surface area contributed by atoms with Crippen LogP contribution in [0.3, 0.4) is 0 Å². The van der Waals surface area contributed by atoms with Crippen molar-refractivity contribution < 1.29 is 9.53 Å². The normalized spacial score (nSPS) is 17.0. The molecule has 0 saturated carbocycles. The van der Waals surface area contributed by atoms with Crippen LogP contribution in [0.2, 0.25) is 0 Å². The molecule has 0 aliphatic carbocycles. The lowest BCUT2D eigenvalue weighted by Gasteiger charge is -2.11. The number of para-hydroxylation sites is 1. The highest BCUT2D eigenvalue weighted by Crippen LogP contribution is 2.34. The van der Waals surface area contributed by atoms with E-state index in [2.05, 4.69) is 21.5 Å². The minimum Gasteiger partial charge on any atom is -0.494 e. The average Bonchev–Trinajstić information content (AvgIpc) is 3.32. The van der Waals surface area contributed by atoms with E-state index < -0.39 is 0 Å². The Bertz CT molecular complexity index is 1110. The average molecular weight is 409 g/mol. The molecule has 6 nitrogen and oxygen atoms in total. The summed E-state index contributed by atoms with van der Waals surface area (Å²) < 4.78 is 5.40. The molecule has 0 unspecified atom stereocenters. The van der Waals surface area contributed by atoms with Gasteiger partial charge in [-0.05, 0) is 30.0 Å². The van der Waals surface area contributed by atoms with Crippen LogP contribution in [0, 0.1) is 0 Å². The number of benzene rings is 1. The molecule has 1 fully saturated rings. The SMILES string of the molecule is C=CCN1C(=O)/C(=C/c2ccc3cccc(OC)c3n2)SC1=Nc1nccs1. The molecule has 140 valence electrons. The number of hydrogen-bond donors (Lipinski definition) is 0. The van der Waals surface area contributed by atoms with Gasteiger partial charge in [0.2, 0.25) is 5.13 Å². The van der Waals surface area contributed by atoms with E-state index in [1.807, 2.05) is 35.7 Å². The number of carbonyl (C=O) groups excluding carboxylic acids is 1. The van der Waals surface area contributed by atoms with Crippen molar-refractivity contribution in [2.75, 3.05) is 13.7 Å². The monoisotopic (exact) mass is 408 g/mol. The van der Waals surface area contributed by atoms with Gasteiger partial charge in [-0.15, -0.1) is 17.9 Å². The van der Waals surface area contributed by atoms with E-state index in [1.165, 1.54) is 23.1 Å². The molecule has 28 heavy (non-hydrogen) atoms. The molecule has 1 aromatic carbocycles. The maximum Gasteiger partial charge on any atom is 0.267 e. The first-order chi connectivity index (χ1) is 13.7. The van der Waals surface area contributed by atoms with E-state index in [9.17, 15) is 4.79 Å². The van der Waals surface area contributed by atoms with Crippen molar-refractivity contribution in [1.29, 1.82) is 0 Å². The smallest absolute Gasteiger partial charge is 0.267 e. The molecule has 1 amide bonds. The predicted molar refractivity (Wildman–Crippen MR) is 115 cm³/mol. The molecule has 3 aromatic rings. The number of nitrogens with zero attached hydrogens (tertiary/aromatic N) is 4. The van der Waals surface area contributed by atoms with Crippen molar-refractivity contribution in [3.63, 3.8) is 0 Å². The van der Waals surface area contributed by atoms with Crippen molar-refractivity contribution in [1.82, 2.24) is 14.9 Å². The number of ether oxygens (including phenoxy) is 1. The van der Waals surface area contributed by atoms with Gasteiger partial charge in [-0.3, -0.25) is 9.69 Å². The van der Waals surface area contributed by atoms with Crippen LogP contribution in [0.4, 0.5) is 5.13 Å². The minimum atomic E-state index is -0.123. The molecule has 0 radical (unpaired) electrons. The van der Waals surface area contributed by atoms with Gasteiger partial charge in [0, 0.05) is 23.5 Å². The maximum atomic E-state index is 12.9. The number of pyridine rings is 1. The van der Waals surface area contributed by atoms with Crippen LogP contribution in [-0.4, -0.2) is 39.6 Å². The molecule has 0 spiro atoms. The van der Waals surface area contributed by atoms with Crippen LogP contribution in [-0.2, 0) is 4.79 Å². The Balaban J connectivity index is 1.72. The van der Waals surface area contributed by atoms with Crippen LogP contribution in [0.1, 0.15) is 5.69 Å². The second-order valence-corrected chi connectivity index (χ2v) is 7.67. The zero-order valence-corrected chi connectivity index (χ0v) is 16.7.